The Hall–Kier alpha value is -0.980. The van der Waals surface area contributed by atoms with Crippen molar-refractivity contribution in [1.29, 1.82) is 0 Å². The first-order chi connectivity index (χ1) is 12.1. The van der Waals surface area contributed by atoms with Gasteiger partial charge in [0.15, 0.2) is 0 Å². The monoisotopic (exact) mass is 419 g/mol. The maximum absolute atomic E-state index is 6.09. The second-order valence-corrected chi connectivity index (χ2v) is 6.96. The van der Waals surface area contributed by atoms with E-state index in [0.717, 1.165) is 57.1 Å². The van der Waals surface area contributed by atoms with Crippen molar-refractivity contribution in [2.75, 3.05) is 39.5 Å². The van der Waals surface area contributed by atoms with Crippen molar-refractivity contribution >= 4 is 35.6 Å². The molecule has 1 saturated heterocycles. The van der Waals surface area contributed by atoms with Crippen LogP contribution in [0.1, 0.15) is 18.5 Å². The number of ether oxygens (including phenoxy) is 2. The minimum atomic E-state index is 0. The lowest BCUT2D eigenvalue weighted by Gasteiger charge is -2.26. The topological polar surface area (TPSA) is 39.5 Å². The van der Waals surface area contributed by atoms with Gasteiger partial charge in [-0.25, -0.2) is 4.68 Å². The summed E-state index contributed by atoms with van der Waals surface area (Å²) in [6.45, 7) is 7.53. The van der Waals surface area contributed by atoms with Gasteiger partial charge in [0, 0.05) is 24.8 Å². The fraction of sp³-hybridized carbons (Fsp3) is 0.500. The molecule has 0 unspecified atom stereocenters. The Bertz CT molecular complexity index is 703. The number of rotatable bonds is 7. The molecular weight excluding hydrogens is 397 g/mol. The molecule has 2 aromatic rings. The van der Waals surface area contributed by atoms with Gasteiger partial charge >= 0.3 is 0 Å². The van der Waals surface area contributed by atoms with E-state index in [9.17, 15) is 0 Å². The summed E-state index contributed by atoms with van der Waals surface area (Å²) in [4.78, 5) is 2.44. The third-order valence-corrected chi connectivity index (χ3v) is 4.97. The molecule has 0 atom stereocenters. The highest BCUT2D eigenvalue weighted by Gasteiger charge is 2.11. The molecule has 1 aromatic carbocycles. The molecule has 3 rings (SSSR count). The SMILES string of the molecule is Cc1cc(OCCCCN2CCOCC2)nn1-c1ccc(Cl)c(Cl)c1.Cl. The minimum Gasteiger partial charge on any atom is -0.477 e. The lowest BCUT2D eigenvalue weighted by Crippen LogP contribution is -2.36. The van der Waals surface area contributed by atoms with E-state index in [4.69, 9.17) is 32.7 Å². The Morgan fingerprint density at radius 3 is 2.62 bits per heavy atom. The molecular formula is C18H24Cl3N3O2. The van der Waals surface area contributed by atoms with Crippen molar-refractivity contribution in [2.24, 2.45) is 0 Å². The Labute approximate surface area is 170 Å². The van der Waals surface area contributed by atoms with Gasteiger partial charge in [-0.05, 0) is 44.5 Å². The maximum Gasteiger partial charge on any atom is 0.233 e. The Morgan fingerprint density at radius 1 is 1.12 bits per heavy atom. The molecule has 0 amide bonds. The van der Waals surface area contributed by atoms with Crippen LogP contribution in [0.5, 0.6) is 5.88 Å². The van der Waals surface area contributed by atoms with E-state index in [2.05, 4.69) is 10.00 Å². The van der Waals surface area contributed by atoms with Gasteiger partial charge in [0.2, 0.25) is 5.88 Å². The number of unbranched alkanes of at least 4 members (excludes halogenated alkanes) is 1. The van der Waals surface area contributed by atoms with Gasteiger partial charge in [0.05, 0.1) is 35.6 Å². The van der Waals surface area contributed by atoms with Gasteiger partial charge in [-0.2, -0.15) is 0 Å². The summed E-state index contributed by atoms with van der Waals surface area (Å²) in [5.74, 6) is 0.634. The first kappa shape index (κ1) is 21.3. The predicted octanol–water partition coefficient (Wildman–Crippen LogP) is 4.40. The molecule has 1 aliphatic rings. The maximum atomic E-state index is 6.09. The van der Waals surface area contributed by atoms with Crippen LogP contribution in [0.15, 0.2) is 24.3 Å². The Balaban J connectivity index is 0.00000243. The van der Waals surface area contributed by atoms with Crippen LogP contribution >= 0.6 is 35.6 Å². The number of nitrogens with zero attached hydrogens (tertiary/aromatic N) is 3. The second-order valence-electron chi connectivity index (χ2n) is 6.14. The van der Waals surface area contributed by atoms with Gasteiger partial charge in [-0.15, -0.1) is 17.5 Å². The number of hydrogen-bond donors (Lipinski definition) is 0. The van der Waals surface area contributed by atoms with Crippen LogP contribution in [0.3, 0.4) is 0 Å². The summed E-state index contributed by atoms with van der Waals surface area (Å²) >= 11 is 12.1. The van der Waals surface area contributed by atoms with Crippen molar-refractivity contribution in [1.82, 2.24) is 14.7 Å². The smallest absolute Gasteiger partial charge is 0.233 e. The molecule has 0 spiro atoms. The van der Waals surface area contributed by atoms with Crippen LogP contribution in [-0.2, 0) is 4.74 Å². The number of halogens is 3. The number of aromatic nitrogens is 2. The molecule has 8 heteroatoms. The van der Waals surface area contributed by atoms with Crippen LogP contribution in [0.2, 0.25) is 10.0 Å². The molecule has 1 aliphatic heterocycles. The van der Waals surface area contributed by atoms with Crippen molar-refractivity contribution in [3.8, 4) is 11.6 Å². The molecule has 0 radical (unpaired) electrons. The molecule has 0 bridgehead atoms. The molecule has 0 saturated carbocycles. The van der Waals surface area contributed by atoms with E-state index in [1.165, 1.54) is 0 Å². The Morgan fingerprint density at radius 2 is 1.88 bits per heavy atom. The minimum absolute atomic E-state index is 0. The molecule has 144 valence electrons. The molecule has 1 aromatic heterocycles. The molecule has 2 heterocycles. The van der Waals surface area contributed by atoms with E-state index in [1.807, 2.05) is 23.7 Å². The van der Waals surface area contributed by atoms with E-state index >= 15 is 0 Å². The highest BCUT2D eigenvalue weighted by atomic mass is 35.5. The zero-order valence-corrected chi connectivity index (χ0v) is 17.1. The fourth-order valence-corrected chi connectivity index (χ4v) is 3.13. The second kappa shape index (κ2) is 10.4. The zero-order valence-electron chi connectivity index (χ0n) is 14.8. The molecule has 5 nitrogen and oxygen atoms in total. The summed E-state index contributed by atoms with van der Waals surface area (Å²) < 4.78 is 13.0. The van der Waals surface area contributed by atoms with E-state index in [1.54, 1.807) is 12.1 Å². The van der Waals surface area contributed by atoms with E-state index < -0.39 is 0 Å². The predicted molar refractivity (Wildman–Crippen MR) is 108 cm³/mol. The molecule has 26 heavy (non-hydrogen) atoms. The first-order valence-corrected chi connectivity index (χ1v) is 9.34. The normalized spacial score (nSPS) is 14.9. The standard InChI is InChI=1S/C18H23Cl2N3O2.ClH/c1-14-12-18(21-23(14)15-4-5-16(19)17(20)13-15)25-9-3-2-6-22-7-10-24-11-8-22;/h4-5,12-13H,2-3,6-11H2,1H3;1H. The van der Waals surface area contributed by atoms with Crippen molar-refractivity contribution in [3.05, 3.63) is 40.0 Å². The summed E-state index contributed by atoms with van der Waals surface area (Å²) in [5.41, 5.74) is 1.86. The van der Waals surface area contributed by atoms with Gasteiger partial charge in [-0.3, -0.25) is 4.90 Å². The first-order valence-electron chi connectivity index (χ1n) is 8.58. The lowest BCUT2D eigenvalue weighted by atomic mass is 10.3. The third-order valence-electron chi connectivity index (χ3n) is 4.24. The number of aryl methyl sites for hydroxylation is 1. The van der Waals surface area contributed by atoms with Gasteiger partial charge in [0.1, 0.15) is 0 Å². The van der Waals surface area contributed by atoms with E-state index in [-0.39, 0.29) is 12.4 Å². The van der Waals surface area contributed by atoms with Gasteiger partial charge in [-0.1, -0.05) is 23.2 Å². The van der Waals surface area contributed by atoms with E-state index in [0.29, 0.717) is 22.5 Å². The Kier molecular flexibility index (Phi) is 8.51. The van der Waals surface area contributed by atoms with Crippen LogP contribution in [0.4, 0.5) is 0 Å². The largest absolute Gasteiger partial charge is 0.477 e. The fourth-order valence-electron chi connectivity index (χ4n) is 2.83. The lowest BCUT2D eigenvalue weighted by molar-refractivity contribution is 0.0367. The van der Waals surface area contributed by atoms with Crippen molar-refractivity contribution in [2.45, 2.75) is 19.8 Å². The van der Waals surface area contributed by atoms with Crippen LogP contribution in [-0.4, -0.2) is 54.1 Å². The molecule has 0 N–H and O–H groups in total. The van der Waals surface area contributed by atoms with Crippen molar-refractivity contribution < 1.29 is 9.47 Å². The number of benzene rings is 1. The van der Waals surface area contributed by atoms with Crippen LogP contribution in [0.25, 0.3) is 5.69 Å². The quantitative estimate of drug-likeness (QED) is 0.622. The summed E-state index contributed by atoms with van der Waals surface area (Å²) in [5, 5.41) is 5.55. The van der Waals surface area contributed by atoms with Crippen LogP contribution in [0, 0.1) is 6.92 Å². The molecule has 0 aliphatic carbocycles. The number of morpholine rings is 1. The van der Waals surface area contributed by atoms with Crippen LogP contribution < -0.4 is 4.74 Å². The highest BCUT2D eigenvalue weighted by molar-refractivity contribution is 6.42. The van der Waals surface area contributed by atoms with Gasteiger partial charge < -0.3 is 9.47 Å². The number of hydrogen-bond acceptors (Lipinski definition) is 4. The molecule has 1 fully saturated rings. The van der Waals surface area contributed by atoms with Crippen molar-refractivity contribution in [3.63, 3.8) is 0 Å². The average molecular weight is 421 g/mol. The third kappa shape index (κ3) is 5.76. The highest BCUT2D eigenvalue weighted by Crippen LogP contribution is 2.25. The summed E-state index contributed by atoms with van der Waals surface area (Å²) in [7, 11) is 0. The van der Waals surface area contributed by atoms with Gasteiger partial charge in [0.25, 0.3) is 0 Å². The summed E-state index contributed by atoms with van der Waals surface area (Å²) in [6.07, 6.45) is 2.13. The summed E-state index contributed by atoms with van der Waals surface area (Å²) in [6, 6.07) is 7.40. The zero-order chi connectivity index (χ0) is 17.6. The average Bonchev–Trinajstić information content (AvgIpc) is 2.99.